The number of anilines is 1. The normalized spacial score (nSPS) is 24.4. The van der Waals surface area contributed by atoms with Gasteiger partial charge in [0.05, 0.1) is 11.0 Å². The van der Waals surface area contributed by atoms with Crippen molar-refractivity contribution >= 4 is 31.6 Å². The predicted octanol–water partition coefficient (Wildman–Crippen LogP) is 1.47. The minimum absolute atomic E-state index is 0.214. The van der Waals surface area contributed by atoms with E-state index in [0.717, 1.165) is 10.3 Å². The first-order valence-corrected chi connectivity index (χ1v) is 7.58. The van der Waals surface area contributed by atoms with Crippen molar-refractivity contribution in [3.05, 3.63) is 22.8 Å². The van der Waals surface area contributed by atoms with Crippen LogP contribution in [-0.2, 0) is 9.84 Å². The third-order valence-electron chi connectivity index (χ3n) is 2.77. The molecule has 0 radical (unpaired) electrons. The highest BCUT2D eigenvalue weighted by molar-refractivity contribution is 9.10. The van der Waals surface area contributed by atoms with Crippen molar-refractivity contribution in [3.8, 4) is 0 Å². The highest BCUT2D eigenvalue weighted by Gasteiger charge is 2.29. The molecule has 1 aromatic heterocycles. The summed E-state index contributed by atoms with van der Waals surface area (Å²) < 4.78 is 24.0. The average Bonchev–Trinajstić information content (AvgIpc) is 2.24. The molecule has 1 saturated heterocycles. The van der Waals surface area contributed by atoms with Gasteiger partial charge in [-0.2, -0.15) is 0 Å². The molecule has 0 amide bonds. The Balaban J connectivity index is 2.16. The molecule has 2 rings (SSSR count). The highest BCUT2D eigenvalue weighted by Crippen LogP contribution is 2.19. The molecule has 0 N–H and O–H groups in total. The summed E-state index contributed by atoms with van der Waals surface area (Å²) in [5, 5.41) is -0.313. The first kappa shape index (κ1) is 11.9. The van der Waals surface area contributed by atoms with Gasteiger partial charge >= 0.3 is 0 Å². The lowest BCUT2D eigenvalue weighted by Gasteiger charge is -2.31. The molecule has 0 aliphatic carbocycles. The van der Waals surface area contributed by atoms with E-state index in [1.165, 1.54) is 0 Å². The second kappa shape index (κ2) is 4.33. The van der Waals surface area contributed by atoms with Crippen molar-refractivity contribution in [3.63, 3.8) is 0 Å². The first-order valence-electron chi connectivity index (χ1n) is 5.07. The molecule has 4 nitrogen and oxygen atoms in total. The van der Waals surface area contributed by atoms with Gasteiger partial charge in [-0.1, -0.05) is 0 Å². The number of nitrogens with zero attached hydrogens (tertiary/aromatic N) is 2. The van der Waals surface area contributed by atoms with Gasteiger partial charge < -0.3 is 4.90 Å². The number of hydrogen-bond donors (Lipinski definition) is 0. The van der Waals surface area contributed by atoms with Crippen LogP contribution >= 0.6 is 15.9 Å². The summed E-state index contributed by atoms with van der Waals surface area (Å²) in [5.41, 5.74) is 0. The Bertz CT molecular complexity index is 472. The van der Waals surface area contributed by atoms with Gasteiger partial charge in [0.15, 0.2) is 9.84 Å². The van der Waals surface area contributed by atoms with E-state index in [9.17, 15) is 8.42 Å². The van der Waals surface area contributed by atoms with Crippen LogP contribution in [-0.4, -0.2) is 37.5 Å². The lowest BCUT2D eigenvalue weighted by atomic mass is 10.3. The number of halogens is 1. The number of sulfone groups is 1. The first-order chi connectivity index (χ1) is 7.49. The van der Waals surface area contributed by atoms with Crippen molar-refractivity contribution in [2.24, 2.45) is 0 Å². The van der Waals surface area contributed by atoms with Gasteiger partial charge in [0, 0.05) is 23.8 Å². The summed E-state index contributed by atoms with van der Waals surface area (Å²) in [5.74, 6) is 1.05. The molecule has 2 heterocycles. The lowest BCUT2D eigenvalue weighted by Crippen LogP contribution is -2.45. The van der Waals surface area contributed by atoms with Gasteiger partial charge in [0.1, 0.15) is 5.82 Å². The summed E-state index contributed by atoms with van der Waals surface area (Å²) in [4.78, 5) is 6.28. The van der Waals surface area contributed by atoms with Crippen molar-refractivity contribution in [1.29, 1.82) is 0 Å². The summed E-state index contributed by atoms with van der Waals surface area (Å²) in [6.45, 7) is 2.80. The predicted molar refractivity (Wildman–Crippen MR) is 67.4 cm³/mol. The van der Waals surface area contributed by atoms with E-state index in [1.807, 2.05) is 17.0 Å². The standard InChI is InChI=1S/C10H13BrN2O2S/c1-8-7-13(4-5-16(8,14)15)10-3-2-9(11)6-12-10/h2-3,6,8H,4-5,7H2,1H3/t8-/m1/s1. The van der Waals surface area contributed by atoms with Crippen molar-refractivity contribution < 1.29 is 8.42 Å². The minimum atomic E-state index is -2.89. The van der Waals surface area contributed by atoms with Crippen LogP contribution in [0.3, 0.4) is 0 Å². The molecule has 16 heavy (non-hydrogen) atoms. The Kier molecular flexibility index (Phi) is 3.21. The van der Waals surface area contributed by atoms with Gasteiger partial charge in [-0.15, -0.1) is 0 Å². The number of rotatable bonds is 1. The highest BCUT2D eigenvalue weighted by atomic mass is 79.9. The van der Waals surface area contributed by atoms with Gasteiger partial charge in [-0.05, 0) is 35.0 Å². The summed E-state index contributed by atoms with van der Waals surface area (Å²) >= 11 is 3.32. The van der Waals surface area contributed by atoms with Crippen LogP contribution in [0.15, 0.2) is 22.8 Å². The largest absolute Gasteiger partial charge is 0.354 e. The number of pyridine rings is 1. The van der Waals surface area contributed by atoms with Crippen LogP contribution in [0.4, 0.5) is 5.82 Å². The molecule has 1 aliphatic rings. The van der Waals surface area contributed by atoms with Crippen LogP contribution in [0.1, 0.15) is 6.92 Å². The van der Waals surface area contributed by atoms with Gasteiger partial charge in [-0.25, -0.2) is 13.4 Å². The van der Waals surface area contributed by atoms with Crippen molar-refractivity contribution in [2.75, 3.05) is 23.7 Å². The Morgan fingerprint density at radius 3 is 2.81 bits per heavy atom. The van der Waals surface area contributed by atoms with E-state index >= 15 is 0 Å². The summed E-state index contributed by atoms with van der Waals surface area (Å²) in [6.07, 6.45) is 1.73. The zero-order valence-electron chi connectivity index (χ0n) is 8.93. The Morgan fingerprint density at radius 2 is 2.25 bits per heavy atom. The molecule has 88 valence electrons. The molecule has 0 aromatic carbocycles. The lowest BCUT2D eigenvalue weighted by molar-refractivity contribution is 0.568. The van der Waals surface area contributed by atoms with Crippen LogP contribution in [0.2, 0.25) is 0 Å². The summed E-state index contributed by atoms with van der Waals surface area (Å²) in [7, 11) is -2.89. The van der Waals surface area contributed by atoms with Crippen LogP contribution in [0.5, 0.6) is 0 Å². The topological polar surface area (TPSA) is 50.3 Å². The Hall–Kier alpha value is -0.620. The molecule has 0 saturated carbocycles. The van der Waals surface area contributed by atoms with E-state index in [0.29, 0.717) is 13.1 Å². The van der Waals surface area contributed by atoms with Crippen molar-refractivity contribution in [1.82, 2.24) is 4.98 Å². The van der Waals surface area contributed by atoms with Gasteiger partial charge in [-0.3, -0.25) is 0 Å². The molecule has 1 fully saturated rings. The second-order valence-electron chi connectivity index (χ2n) is 3.96. The monoisotopic (exact) mass is 304 g/mol. The quantitative estimate of drug-likeness (QED) is 0.788. The average molecular weight is 305 g/mol. The number of aromatic nitrogens is 1. The minimum Gasteiger partial charge on any atom is -0.354 e. The van der Waals surface area contributed by atoms with Crippen LogP contribution in [0, 0.1) is 0 Å². The molecule has 0 bridgehead atoms. The van der Waals surface area contributed by atoms with E-state index in [1.54, 1.807) is 13.1 Å². The maximum atomic E-state index is 11.6. The zero-order valence-corrected chi connectivity index (χ0v) is 11.3. The fourth-order valence-corrected chi connectivity index (χ4v) is 3.24. The van der Waals surface area contributed by atoms with Crippen LogP contribution in [0.25, 0.3) is 0 Å². The fourth-order valence-electron chi connectivity index (χ4n) is 1.72. The maximum Gasteiger partial charge on any atom is 0.156 e. The van der Waals surface area contributed by atoms with Gasteiger partial charge in [0.2, 0.25) is 0 Å². The third kappa shape index (κ3) is 2.38. The SMILES string of the molecule is C[C@@H]1CN(c2ccc(Br)cn2)CCS1(=O)=O. The van der Waals surface area contributed by atoms with E-state index in [-0.39, 0.29) is 11.0 Å². The second-order valence-corrected chi connectivity index (χ2v) is 7.41. The molecule has 0 unspecified atom stereocenters. The molecule has 1 atom stereocenters. The Morgan fingerprint density at radius 1 is 1.50 bits per heavy atom. The van der Waals surface area contributed by atoms with Crippen LogP contribution < -0.4 is 4.90 Å². The van der Waals surface area contributed by atoms with E-state index in [2.05, 4.69) is 20.9 Å². The van der Waals surface area contributed by atoms with Gasteiger partial charge in [0.25, 0.3) is 0 Å². The smallest absolute Gasteiger partial charge is 0.156 e. The molecular weight excluding hydrogens is 292 g/mol. The number of hydrogen-bond acceptors (Lipinski definition) is 4. The zero-order chi connectivity index (χ0) is 11.8. The molecule has 1 aliphatic heterocycles. The molecule has 6 heteroatoms. The van der Waals surface area contributed by atoms with E-state index in [4.69, 9.17) is 0 Å². The fraction of sp³-hybridized carbons (Fsp3) is 0.500. The molecule has 0 spiro atoms. The summed E-state index contributed by atoms with van der Waals surface area (Å²) in [6, 6.07) is 3.81. The van der Waals surface area contributed by atoms with E-state index < -0.39 is 9.84 Å². The molecular formula is C10H13BrN2O2S. The Labute approximate surface area is 104 Å². The molecule has 1 aromatic rings. The van der Waals surface area contributed by atoms with Crippen molar-refractivity contribution in [2.45, 2.75) is 12.2 Å². The third-order valence-corrected chi connectivity index (χ3v) is 5.37. The maximum absolute atomic E-state index is 11.6.